The van der Waals surface area contributed by atoms with Gasteiger partial charge in [0.25, 0.3) is 0 Å². The third kappa shape index (κ3) is 7.74. The van der Waals surface area contributed by atoms with Crippen molar-refractivity contribution in [3.63, 3.8) is 0 Å². The molecule has 7 rings (SSSR count). The Labute approximate surface area is 343 Å². The average molecular weight is 847 g/mol. The minimum Gasteiger partial charge on any atom is -0.432 e. The van der Waals surface area contributed by atoms with Crippen LogP contribution in [0.2, 0.25) is 0 Å². The second-order valence-corrected chi connectivity index (χ2v) is 19.2. The standard InChI is InChI=1S/C41H66O18/c1-19-5-10-40-11-6-24-38(2,8-4-9-39(24,3)37(53)59-35-33(52)31(50)27(46)21(14-43)57-35)25(40)7-12-41(19,17-40)18-55-36-34(32(51)28(47)22(15-44)58-36)54-16-23-29(48)30(49)26(45)20(13-42)56-23/h20-36,42-52H,1,4-18H2,2-3H3/t20?,21?,22?,23?,24?,25-,26?,27?,28?,29?,30?,31?,32?,33?,34?,35?,36?,38+,39+,40-,41?/m0/s1. The highest BCUT2D eigenvalue weighted by atomic mass is 16.7. The van der Waals surface area contributed by atoms with Gasteiger partial charge in [-0.2, -0.15) is 0 Å². The quantitative estimate of drug-likeness (QED) is 0.0773. The zero-order valence-corrected chi connectivity index (χ0v) is 33.9. The van der Waals surface area contributed by atoms with Crippen LogP contribution in [0.3, 0.4) is 0 Å². The van der Waals surface area contributed by atoms with E-state index < -0.39 is 135 Å². The van der Waals surface area contributed by atoms with Crippen molar-refractivity contribution in [3.8, 4) is 0 Å². The van der Waals surface area contributed by atoms with Gasteiger partial charge in [0.1, 0.15) is 79.4 Å². The normalized spacial score (nSPS) is 52.6. The number of rotatable bonds is 11. The fourth-order valence-corrected chi connectivity index (χ4v) is 12.7. The molecule has 2 bridgehead atoms. The van der Waals surface area contributed by atoms with Crippen LogP contribution in [-0.4, -0.2) is 187 Å². The summed E-state index contributed by atoms with van der Waals surface area (Å²) in [6.07, 6.45) is -14.1. The van der Waals surface area contributed by atoms with E-state index in [1.807, 2.05) is 6.92 Å². The first-order valence-corrected chi connectivity index (χ1v) is 21.3. The number of aliphatic hydroxyl groups excluding tert-OH is 11. The molecule has 4 aliphatic carbocycles. The average Bonchev–Trinajstić information content (AvgIpc) is 3.22. The molecule has 0 radical (unpaired) electrons. The van der Waals surface area contributed by atoms with Gasteiger partial charge in [0.05, 0.1) is 38.4 Å². The highest BCUT2D eigenvalue weighted by Crippen LogP contribution is 2.73. The third-order valence-electron chi connectivity index (χ3n) is 16.1. The number of carbonyl (C=O) groups excluding carboxylic acids is 1. The summed E-state index contributed by atoms with van der Waals surface area (Å²) >= 11 is 0. The van der Waals surface area contributed by atoms with Gasteiger partial charge in [-0.05, 0) is 87.4 Å². The van der Waals surface area contributed by atoms with Gasteiger partial charge in [0, 0.05) is 5.41 Å². The number of carbonyl (C=O) groups is 1. The molecule has 3 aliphatic heterocycles. The summed E-state index contributed by atoms with van der Waals surface area (Å²) in [5, 5.41) is 114. The predicted octanol–water partition coefficient (Wildman–Crippen LogP) is -2.26. The summed E-state index contributed by atoms with van der Waals surface area (Å²) in [5.41, 5.74) is -0.752. The van der Waals surface area contributed by atoms with Crippen LogP contribution >= 0.6 is 0 Å². The minimum absolute atomic E-state index is 0.0637. The van der Waals surface area contributed by atoms with Crippen LogP contribution in [0.4, 0.5) is 0 Å². The molecule has 0 aromatic rings. The third-order valence-corrected chi connectivity index (χ3v) is 16.1. The highest BCUT2D eigenvalue weighted by Gasteiger charge is 2.67. The molecule has 59 heavy (non-hydrogen) atoms. The van der Waals surface area contributed by atoms with Crippen molar-refractivity contribution in [1.29, 1.82) is 0 Å². The smallest absolute Gasteiger partial charge is 0.314 e. The molecule has 338 valence electrons. The fourth-order valence-electron chi connectivity index (χ4n) is 12.7. The maximum atomic E-state index is 14.2. The van der Waals surface area contributed by atoms with E-state index in [4.69, 9.17) is 28.4 Å². The molecule has 11 N–H and O–H groups in total. The molecule has 0 amide bonds. The summed E-state index contributed by atoms with van der Waals surface area (Å²) in [6, 6.07) is 0. The molecule has 0 aromatic carbocycles. The second-order valence-electron chi connectivity index (χ2n) is 19.2. The van der Waals surface area contributed by atoms with Gasteiger partial charge in [-0.3, -0.25) is 4.79 Å². The molecular formula is C41H66O18. The zero-order chi connectivity index (χ0) is 42.8. The van der Waals surface area contributed by atoms with Gasteiger partial charge in [0.15, 0.2) is 6.29 Å². The molecule has 3 heterocycles. The molecule has 1 spiro atoms. The Kier molecular flexibility index (Phi) is 13.3. The van der Waals surface area contributed by atoms with Crippen molar-refractivity contribution in [2.24, 2.45) is 33.5 Å². The Morgan fingerprint density at radius 1 is 0.661 bits per heavy atom. The van der Waals surface area contributed by atoms with E-state index >= 15 is 0 Å². The molecule has 4 saturated carbocycles. The monoisotopic (exact) mass is 846 g/mol. The Bertz CT molecular complexity index is 1500. The molecule has 18 nitrogen and oxygen atoms in total. The molecule has 21 atom stereocenters. The van der Waals surface area contributed by atoms with Crippen molar-refractivity contribution in [2.45, 2.75) is 170 Å². The van der Waals surface area contributed by atoms with E-state index in [0.717, 1.165) is 56.9 Å². The molecule has 7 fully saturated rings. The molecule has 7 aliphatic rings. The first-order valence-electron chi connectivity index (χ1n) is 21.3. The summed E-state index contributed by atoms with van der Waals surface area (Å²) < 4.78 is 35.4. The maximum Gasteiger partial charge on any atom is 0.314 e. The Morgan fingerprint density at radius 2 is 1.24 bits per heavy atom. The number of hydrogen-bond donors (Lipinski definition) is 11. The van der Waals surface area contributed by atoms with Crippen molar-refractivity contribution in [2.75, 3.05) is 33.0 Å². The summed E-state index contributed by atoms with van der Waals surface area (Å²) in [6.45, 7) is 6.52. The van der Waals surface area contributed by atoms with Gasteiger partial charge in [-0.25, -0.2) is 0 Å². The maximum absolute atomic E-state index is 14.2. The van der Waals surface area contributed by atoms with E-state index in [1.165, 1.54) is 0 Å². The number of ether oxygens (including phenoxy) is 6. The number of aliphatic hydroxyl groups is 11. The van der Waals surface area contributed by atoms with Crippen LogP contribution in [-0.2, 0) is 33.2 Å². The highest BCUT2D eigenvalue weighted by molar-refractivity contribution is 5.77. The largest absolute Gasteiger partial charge is 0.432 e. The Hall–Kier alpha value is -1.43. The van der Waals surface area contributed by atoms with E-state index in [0.29, 0.717) is 12.8 Å². The first kappa shape index (κ1) is 45.6. The molecule has 18 heteroatoms. The summed E-state index contributed by atoms with van der Waals surface area (Å²) in [5.74, 6) is -0.370. The van der Waals surface area contributed by atoms with Gasteiger partial charge in [-0.15, -0.1) is 0 Å². The van der Waals surface area contributed by atoms with Crippen LogP contribution in [0.25, 0.3) is 0 Å². The lowest BCUT2D eigenvalue weighted by Crippen LogP contribution is -2.64. The van der Waals surface area contributed by atoms with E-state index in [1.54, 1.807) is 0 Å². The van der Waals surface area contributed by atoms with Gasteiger partial charge >= 0.3 is 5.97 Å². The summed E-state index contributed by atoms with van der Waals surface area (Å²) in [4.78, 5) is 14.2. The topological polar surface area (TPSA) is 295 Å². The SMILES string of the molecule is C=C1CC[C@@]23CCC4[C@](C)(C(=O)OC5OC(CO)C(O)C(O)C5O)CCC[C@@]4(C)[C@@H]2CCC1(COC1OC(CO)C(O)C(O)C1OCC1OC(CO)C(O)C(O)C1O)C3. The lowest BCUT2D eigenvalue weighted by Gasteiger charge is -2.68. The molecule has 3 saturated heterocycles. The zero-order valence-electron chi connectivity index (χ0n) is 33.9. The number of hydrogen-bond acceptors (Lipinski definition) is 18. The van der Waals surface area contributed by atoms with Crippen LogP contribution in [0.15, 0.2) is 12.2 Å². The molecule has 0 aromatic heterocycles. The van der Waals surface area contributed by atoms with Crippen LogP contribution in [0.5, 0.6) is 0 Å². The summed E-state index contributed by atoms with van der Waals surface area (Å²) in [7, 11) is 0. The molecular weight excluding hydrogens is 780 g/mol. The lowest BCUT2D eigenvalue weighted by atomic mass is 9.36. The fraction of sp³-hybridized carbons (Fsp3) is 0.927. The van der Waals surface area contributed by atoms with Crippen LogP contribution in [0.1, 0.15) is 78.1 Å². The van der Waals surface area contributed by atoms with Crippen molar-refractivity contribution in [3.05, 3.63) is 12.2 Å². The van der Waals surface area contributed by atoms with Crippen LogP contribution < -0.4 is 0 Å². The van der Waals surface area contributed by atoms with E-state index in [9.17, 15) is 61.0 Å². The lowest BCUT2D eigenvalue weighted by molar-refractivity contribution is -0.324. The van der Waals surface area contributed by atoms with Gasteiger partial charge in [0.2, 0.25) is 6.29 Å². The van der Waals surface area contributed by atoms with Crippen molar-refractivity contribution < 1.29 is 89.4 Å². The van der Waals surface area contributed by atoms with Crippen molar-refractivity contribution >= 4 is 5.97 Å². The Balaban J connectivity index is 1.06. The van der Waals surface area contributed by atoms with Gasteiger partial charge in [-0.1, -0.05) is 25.5 Å². The predicted molar refractivity (Wildman–Crippen MR) is 200 cm³/mol. The van der Waals surface area contributed by atoms with E-state index in [-0.39, 0.29) is 29.3 Å². The van der Waals surface area contributed by atoms with Gasteiger partial charge < -0.3 is 84.6 Å². The minimum atomic E-state index is -1.69. The van der Waals surface area contributed by atoms with E-state index in [2.05, 4.69) is 13.5 Å². The van der Waals surface area contributed by atoms with Crippen molar-refractivity contribution in [1.82, 2.24) is 0 Å². The molecule has 17 unspecified atom stereocenters. The van der Waals surface area contributed by atoms with Crippen LogP contribution in [0, 0.1) is 33.5 Å². The Morgan fingerprint density at radius 3 is 1.90 bits per heavy atom. The number of fused-ring (bicyclic) bond motifs is 3. The first-order chi connectivity index (χ1) is 27.9. The number of esters is 1. The second kappa shape index (κ2) is 17.3.